The summed E-state index contributed by atoms with van der Waals surface area (Å²) in [4.78, 5) is 22.2. The Hall–Kier alpha value is -2.31. The van der Waals surface area contributed by atoms with Crippen LogP contribution in [-0.4, -0.2) is 15.9 Å². The van der Waals surface area contributed by atoms with E-state index in [-0.39, 0.29) is 5.91 Å². The van der Waals surface area contributed by atoms with Crippen LogP contribution in [0.2, 0.25) is 0 Å². The fourth-order valence-electron chi connectivity index (χ4n) is 2.68. The monoisotopic (exact) mass is 353 g/mol. The van der Waals surface area contributed by atoms with Crippen LogP contribution in [0, 0.1) is 6.92 Å². The third-order valence-corrected chi connectivity index (χ3v) is 6.09. The summed E-state index contributed by atoms with van der Waals surface area (Å²) < 4.78 is 1.07. The Morgan fingerprint density at radius 3 is 2.75 bits per heavy atom. The van der Waals surface area contributed by atoms with Gasteiger partial charge in [0, 0.05) is 5.39 Å². The molecule has 24 heavy (non-hydrogen) atoms. The van der Waals surface area contributed by atoms with Crippen LogP contribution in [0.25, 0.3) is 21.0 Å². The minimum Gasteiger partial charge on any atom is -0.297 e. The highest BCUT2D eigenvalue weighted by Gasteiger charge is 2.17. The van der Waals surface area contributed by atoms with Crippen LogP contribution in [0.4, 0.5) is 5.13 Å². The lowest BCUT2D eigenvalue weighted by molar-refractivity contribution is 0.103. The van der Waals surface area contributed by atoms with E-state index in [0.717, 1.165) is 38.1 Å². The van der Waals surface area contributed by atoms with Crippen molar-refractivity contribution >= 4 is 54.7 Å². The maximum absolute atomic E-state index is 12.5. The summed E-state index contributed by atoms with van der Waals surface area (Å²) in [6.45, 7) is 3.91. The average molecular weight is 353 g/mol. The van der Waals surface area contributed by atoms with Gasteiger partial charge in [0.25, 0.3) is 5.91 Å². The van der Waals surface area contributed by atoms with Crippen LogP contribution in [0.5, 0.6) is 0 Å². The molecule has 0 saturated carbocycles. The quantitative estimate of drug-likeness (QED) is 0.562. The van der Waals surface area contributed by atoms with Gasteiger partial charge in [-0.3, -0.25) is 10.1 Å². The van der Waals surface area contributed by atoms with Gasteiger partial charge >= 0.3 is 0 Å². The van der Waals surface area contributed by atoms with Crippen LogP contribution in [0.3, 0.4) is 0 Å². The maximum atomic E-state index is 12.5. The number of nitrogens with one attached hydrogen (secondary N) is 1. The molecule has 2 heterocycles. The van der Waals surface area contributed by atoms with Crippen molar-refractivity contribution in [2.45, 2.75) is 20.3 Å². The van der Waals surface area contributed by atoms with E-state index >= 15 is 0 Å². The molecule has 0 fully saturated rings. The predicted octanol–water partition coefficient (Wildman–Crippen LogP) is 5.03. The van der Waals surface area contributed by atoms with E-state index in [1.54, 1.807) is 0 Å². The van der Waals surface area contributed by atoms with Crippen molar-refractivity contribution in [3.8, 4) is 0 Å². The molecule has 0 unspecified atom stereocenters. The van der Waals surface area contributed by atoms with Gasteiger partial charge in [-0.15, -0.1) is 11.3 Å². The molecule has 4 aromatic rings. The maximum Gasteiger partial charge on any atom is 0.269 e. The van der Waals surface area contributed by atoms with Crippen molar-refractivity contribution in [3.63, 3.8) is 0 Å². The second kappa shape index (κ2) is 5.96. The molecular formula is C18H15N3OS2. The number of amides is 1. The van der Waals surface area contributed by atoms with Crippen LogP contribution in [0.15, 0.2) is 36.4 Å². The summed E-state index contributed by atoms with van der Waals surface area (Å²) in [5.74, 6) is -0.131. The topological polar surface area (TPSA) is 54.9 Å². The van der Waals surface area contributed by atoms with Crippen molar-refractivity contribution < 1.29 is 4.79 Å². The number of hydrogen-bond donors (Lipinski definition) is 1. The summed E-state index contributed by atoms with van der Waals surface area (Å²) in [5, 5.41) is 6.79. The van der Waals surface area contributed by atoms with Crippen molar-refractivity contribution in [2.24, 2.45) is 0 Å². The Bertz CT molecular complexity index is 1060. The van der Waals surface area contributed by atoms with E-state index in [0.29, 0.717) is 10.0 Å². The van der Waals surface area contributed by atoms with Gasteiger partial charge in [0.15, 0.2) is 5.13 Å². The highest BCUT2D eigenvalue weighted by molar-refractivity contribution is 7.22. The molecule has 0 atom stereocenters. The van der Waals surface area contributed by atoms with E-state index in [1.165, 1.54) is 22.7 Å². The zero-order valence-corrected chi connectivity index (χ0v) is 14.9. The van der Waals surface area contributed by atoms with Crippen LogP contribution in [0.1, 0.15) is 27.3 Å². The number of fused-ring (bicyclic) bond motifs is 3. The smallest absolute Gasteiger partial charge is 0.269 e. The summed E-state index contributed by atoms with van der Waals surface area (Å²) in [6.07, 6.45) is 0.839. The van der Waals surface area contributed by atoms with Gasteiger partial charge in [-0.05, 0) is 24.8 Å². The van der Waals surface area contributed by atoms with E-state index in [9.17, 15) is 4.79 Å². The van der Waals surface area contributed by atoms with Crippen molar-refractivity contribution in [1.82, 2.24) is 9.97 Å². The summed E-state index contributed by atoms with van der Waals surface area (Å²) in [6, 6.07) is 12.3. The van der Waals surface area contributed by atoms with Gasteiger partial charge in [0.1, 0.15) is 4.88 Å². The first-order valence-electron chi connectivity index (χ1n) is 7.71. The molecule has 1 N–H and O–H groups in total. The highest BCUT2D eigenvalue weighted by Crippen LogP contribution is 2.32. The second-order valence-corrected chi connectivity index (χ2v) is 7.60. The first-order chi connectivity index (χ1) is 11.7. The Morgan fingerprint density at radius 1 is 1.12 bits per heavy atom. The number of carbonyl (C=O) groups is 1. The number of thiazole rings is 2. The molecule has 0 saturated heterocycles. The molecule has 2 aromatic heterocycles. The van der Waals surface area contributed by atoms with E-state index < -0.39 is 0 Å². The van der Waals surface area contributed by atoms with Crippen LogP contribution in [-0.2, 0) is 6.42 Å². The zero-order valence-electron chi connectivity index (χ0n) is 13.3. The summed E-state index contributed by atoms with van der Waals surface area (Å²) in [5.41, 5.74) is 1.71. The van der Waals surface area contributed by atoms with Crippen LogP contribution >= 0.6 is 22.7 Å². The van der Waals surface area contributed by atoms with Crippen molar-refractivity contribution in [1.29, 1.82) is 0 Å². The molecule has 0 bridgehead atoms. The SMILES string of the molecule is CCc1nc(C)c(C(=O)Nc2nc3c(ccc4ccccc43)s2)s1. The lowest BCUT2D eigenvalue weighted by atomic mass is 10.1. The molecule has 1 amide bonds. The van der Waals surface area contributed by atoms with Crippen molar-refractivity contribution in [3.05, 3.63) is 52.0 Å². The van der Waals surface area contributed by atoms with Crippen molar-refractivity contribution in [2.75, 3.05) is 5.32 Å². The molecule has 0 aliphatic rings. The molecule has 4 rings (SSSR count). The third-order valence-electron chi connectivity index (χ3n) is 3.85. The largest absolute Gasteiger partial charge is 0.297 e. The molecule has 0 aliphatic heterocycles. The summed E-state index contributed by atoms with van der Waals surface area (Å²) >= 11 is 2.94. The lowest BCUT2D eigenvalue weighted by Crippen LogP contribution is -2.11. The Balaban J connectivity index is 1.70. The number of rotatable bonds is 3. The molecule has 0 spiro atoms. The number of aromatic nitrogens is 2. The Morgan fingerprint density at radius 2 is 1.96 bits per heavy atom. The molecular weight excluding hydrogens is 338 g/mol. The number of carbonyl (C=O) groups excluding carboxylic acids is 1. The van der Waals surface area contributed by atoms with E-state index in [1.807, 2.05) is 26.0 Å². The van der Waals surface area contributed by atoms with Gasteiger partial charge in [-0.2, -0.15) is 0 Å². The minimum atomic E-state index is -0.131. The second-order valence-electron chi connectivity index (χ2n) is 5.48. The van der Waals surface area contributed by atoms with Gasteiger partial charge in [0.05, 0.1) is 20.9 Å². The predicted molar refractivity (Wildman–Crippen MR) is 101 cm³/mol. The Kier molecular flexibility index (Phi) is 3.78. The number of benzene rings is 2. The number of aryl methyl sites for hydroxylation is 2. The number of nitrogens with zero attached hydrogens (tertiary/aromatic N) is 2. The highest BCUT2D eigenvalue weighted by atomic mass is 32.1. The van der Waals surface area contributed by atoms with Gasteiger partial charge in [-0.1, -0.05) is 48.6 Å². The molecule has 0 aliphatic carbocycles. The first kappa shape index (κ1) is 15.2. The molecule has 6 heteroatoms. The van der Waals surface area contributed by atoms with Crippen LogP contribution < -0.4 is 5.32 Å². The summed E-state index contributed by atoms with van der Waals surface area (Å²) in [7, 11) is 0. The van der Waals surface area contributed by atoms with Gasteiger partial charge in [0.2, 0.25) is 0 Å². The average Bonchev–Trinajstić information content (AvgIpc) is 3.17. The van der Waals surface area contributed by atoms with Gasteiger partial charge < -0.3 is 0 Å². The molecule has 4 nitrogen and oxygen atoms in total. The van der Waals surface area contributed by atoms with E-state index in [2.05, 4.69) is 39.6 Å². The van der Waals surface area contributed by atoms with E-state index in [4.69, 9.17) is 0 Å². The zero-order chi connectivity index (χ0) is 16.7. The third kappa shape index (κ3) is 2.57. The number of hydrogen-bond acceptors (Lipinski definition) is 5. The fraction of sp³-hybridized carbons (Fsp3) is 0.167. The Labute approximate surface area is 147 Å². The minimum absolute atomic E-state index is 0.131. The molecule has 120 valence electrons. The van der Waals surface area contributed by atoms with Gasteiger partial charge in [-0.25, -0.2) is 9.97 Å². The standard InChI is InChI=1S/C18H15N3OS2/c1-3-14-19-10(2)16(24-14)17(22)21-18-20-15-12-7-5-4-6-11(12)8-9-13(15)23-18/h4-9H,3H2,1-2H3,(H,20,21,22). The molecule has 0 radical (unpaired) electrons. The number of anilines is 1. The first-order valence-corrected chi connectivity index (χ1v) is 9.35. The normalized spacial score (nSPS) is 11.2. The molecule has 2 aromatic carbocycles. The lowest BCUT2D eigenvalue weighted by Gasteiger charge is -1.98. The fourth-order valence-corrected chi connectivity index (χ4v) is 4.46.